The number of carbonyl (C=O) groups excluding carboxylic acids is 2. The van der Waals surface area contributed by atoms with E-state index in [1.54, 1.807) is 0 Å². The van der Waals surface area contributed by atoms with Gasteiger partial charge in [-0.1, -0.05) is 69.3 Å². The zero-order chi connectivity index (χ0) is 21.8. The Morgan fingerprint density at radius 2 is 1.52 bits per heavy atom. The molecule has 1 N–H and O–H groups in total. The molecule has 1 amide bonds. The quantitative estimate of drug-likeness (QED) is 0.430. The van der Waals surface area contributed by atoms with Crippen molar-refractivity contribution in [3.8, 4) is 0 Å². The highest BCUT2D eigenvalue weighted by molar-refractivity contribution is 8.14. The number of carboxylic acid groups (broad SMARTS) is 1. The van der Waals surface area contributed by atoms with Crippen LogP contribution in [0, 0.1) is 20.8 Å². The molecule has 0 radical (unpaired) electrons. The molecule has 29 heavy (non-hydrogen) atoms. The molecule has 0 fully saturated rings. The van der Waals surface area contributed by atoms with E-state index in [1.807, 2.05) is 32.9 Å². The number of benzene rings is 1. The SMILES string of the molecule is CCCCCCCCCC(=O)SCC(=O)N(CC(=O)O)c1c(C)ccc(C)c1C. The highest BCUT2D eigenvalue weighted by Gasteiger charge is 2.23. The number of hydrogen-bond donors (Lipinski definition) is 1. The first-order valence-corrected chi connectivity index (χ1v) is 11.5. The Kier molecular flexibility index (Phi) is 11.7. The Morgan fingerprint density at radius 3 is 2.14 bits per heavy atom. The number of anilines is 1. The van der Waals surface area contributed by atoms with Crippen LogP contribution in [-0.4, -0.2) is 34.4 Å². The average Bonchev–Trinajstić information content (AvgIpc) is 2.67. The molecular formula is C23H35NO4S. The lowest BCUT2D eigenvalue weighted by atomic mass is 10.0. The predicted octanol–water partition coefficient (Wildman–Crippen LogP) is 5.43. The van der Waals surface area contributed by atoms with E-state index in [9.17, 15) is 19.5 Å². The van der Waals surface area contributed by atoms with E-state index in [2.05, 4.69) is 6.92 Å². The lowest BCUT2D eigenvalue weighted by Gasteiger charge is -2.25. The number of hydrogen-bond acceptors (Lipinski definition) is 4. The lowest BCUT2D eigenvalue weighted by molar-refractivity contribution is -0.136. The summed E-state index contributed by atoms with van der Waals surface area (Å²) in [4.78, 5) is 37.5. The van der Waals surface area contributed by atoms with Crippen molar-refractivity contribution in [3.05, 3.63) is 28.8 Å². The number of unbranched alkanes of at least 4 members (excludes halogenated alkanes) is 6. The number of carboxylic acids is 1. The van der Waals surface area contributed by atoms with E-state index in [0.717, 1.165) is 47.7 Å². The van der Waals surface area contributed by atoms with Crippen LogP contribution in [-0.2, 0) is 14.4 Å². The van der Waals surface area contributed by atoms with E-state index >= 15 is 0 Å². The minimum Gasteiger partial charge on any atom is -0.480 e. The first-order valence-electron chi connectivity index (χ1n) is 10.5. The summed E-state index contributed by atoms with van der Waals surface area (Å²) >= 11 is 0.999. The molecule has 1 aromatic rings. The van der Waals surface area contributed by atoms with Crippen LogP contribution in [0.3, 0.4) is 0 Å². The molecule has 6 heteroatoms. The Labute approximate surface area is 179 Å². The summed E-state index contributed by atoms with van der Waals surface area (Å²) in [6.45, 7) is 7.47. The van der Waals surface area contributed by atoms with Gasteiger partial charge >= 0.3 is 5.97 Å². The maximum Gasteiger partial charge on any atom is 0.323 e. The lowest BCUT2D eigenvalue weighted by Crippen LogP contribution is -2.38. The number of nitrogens with zero attached hydrogens (tertiary/aromatic N) is 1. The molecule has 0 atom stereocenters. The number of thioether (sulfide) groups is 1. The van der Waals surface area contributed by atoms with Gasteiger partial charge in [0.2, 0.25) is 5.91 Å². The number of rotatable bonds is 13. The minimum absolute atomic E-state index is 0.000121. The van der Waals surface area contributed by atoms with Gasteiger partial charge in [0.25, 0.3) is 0 Å². The number of amides is 1. The second-order valence-corrected chi connectivity index (χ2v) is 8.61. The normalized spacial score (nSPS) is 10.8. The van der Waals surface area contributed by atoms with Crippen LogP contribution in [0.5, 0.6) is 0 Å². The van der Waals surface area contributed by atoms with Crippen molar-refractivity contribution >= 4 is 34.4 Å². The minimum atomic E-state index is -1.07. The maximum absolute atomic E-state index is 12.8. The molecule has 5 nitrogen and oxygen atoms in total. The van der Waals surface area contributed by atoms with Gasteiger partial charge in [-0.05, 0) is 43.9 Å². The summed E-state index contributed by atoms with van der Waals surface area (Å²) < 4.78 is 0. The van der Waals surface area contributed by atoms with E-state index in [4.69, 9.17) is 0 Å². The Morgan fingerprint density at radius 1 is 0.931 bits per heavy atom. The molecule has 0 bridgehead atoms. The van der Waals surface area contributed by atoms with Crippen LogP contribution in [0.1, 0.15) is 75.0 Å². The molecule has 0 aliphatic carbocycles. The second-order valence-electron chi connectivity index (χ2n) is 7.58. The Balaban J connectivity index is 2.59. The van der Waals surface area contributed by atoms with Gasteiger partial charge in [-0.2, -0.15) is 0 Å². The first-order chi connectivity index (χ1) is 13.8. The van der Waals surface area contributed by atoms with Gasteiger partial charge in [0, 0.05) is 6.42 Å². The smallest absolute Gasteiger partial charge is 0.323 e. The largest absolute Gasteiger partial charge is 0.480 e. The summed E-state index contributed by atoms with van der Waals surface area (Å²) in [6, 6.07) is 3.84. The van der Waals surface area contributed by atoms with Crippen molar-refractivity contribution in [3.63, 3.8) is 0 Å². The number of carbonyl (C=O) groups is 3. The zero-order valence-electron chi connectivity index (χ0n) is 18.3. The van der Waals surface area contributed by atoms with Crippen molar-refractivity contribution < 1.29 is 19.5 Å². The second kappa shape index (κ2) is 13.4. The molecule has 0 spiro atoms. The summed E-state index contributed by atoms with van der Waals surface area (Å²) in [5.41, 5.74) is 3.37. The number of aliphatic carboxylic acids is 1. The maximum atomic E-state index is 12.8. The molecule has 0 heterocycles. The topological polar surface area (TPSA) is 74.7 Å². The van der Waals surface area contributed by atoms with Gasteiger partial charge in [-0.15, -0.1) is 0 Å². The van der Waals surface area contributed by atoms with Crippen LogP contribution in [0.2, 0.25) is 0 Å². The molecule has 0 unspecified atom stereocenters. The summed E-state index contributed by atoms with van der Waals surface area (Å²) in [6.07, 6.45) is 8.46. The van der Waals surface area contributed by atoms with Gasteiger partial charge < -0.3 is 5.11 Å². The third-order valence-corrected chi connectivity index (χ3v) is 6.03. The molecule has 0 aliphatic heterocycles. The van der Waals surface area contributed by atoms with Crippen molar-refractivity contribution in [2.24, 2.45) is 0 Å². The molecule has 1 aromatic carbocycles. The van der Waals surface area contributed by atoms with Crippen LogP contribution in [0.25, 0.3) is 0 Å². The molecule has 1 rings (SSSR count). The molecule has 162 valence electrons. The van der Waals surface area contributed by atoms with Gasteiger partial charge in [0.15, 0.2) is 5.12 Å². The fourth-order valence-electron chi connectivity index (χ4n) is 3.30. The van der Waals surface area contributed by atoms with Gasteiger partial charge in [-0.3, -0.25) is 19.3 Å². The third-order valence-electron chi connectivity index (χ3n) is 5.11. The summed E-state index contributed by atoms with van der Waals surface area (Å²) in [5, 5.41) is 9.28. The fourth-order valence-corrected chi connectivity index (χ4v) is 4.03. The summed E-state index contributed by atoms with van der Waals surface area (Å²) in [7, 11) is 0. The van der Waals surface area contributed by atoms with E-state index < -0.39 is 12.5 Å². The first kappa shape index (κ1) is 25.2. The van der Waals surface area contributed by atoms with Crippen LogP contribution >= 0.6 is 11.8 Å². The average molecular weight is 422 g/mol. The highest BCUT2D eigenvalue weighted by atomic mass is 32.2. The van der Waals surface area contributed by atoms with Gasteiger partial charge in [0.05, 0.1) is 11.4 Å². The van der Waals surface area contributed by atoms with E-state index in [-0.39, 0.29) is 16.8 Å². The van der Waals surface area contributed by atoms with Crippen molar-refractivity contribution in [2.75, 3.05) is 17.2 Å². The van der Waals surface area contributed by atoms with E-state index in [1.165, 1.54) is 30.6 Å². The molecule has 0 saturated heterocycles. The van der Waals surface area contributed by atoms with Gasteiger partial charge in [0.1, 0.15) is 6.54 Å². The van der Waals surface area contributed by atoms with Crippen LogP contribution in [0.15, 0.2) is 12.1 Å². The Hall–Kier alpha value is -1.82. The molecule has 0 saturated carbocycles. The predicted molar refractivity (Wildman–Crippen MR) is 121 cm³/mol. The van der Waals surface area contributed by atoms with Crippen LogP contribution in [0.4, 0.5) is 5.69 Å². The monoisotopic (exact) mass is 421 g/mol. The van der Waals surface area contributed by atoms with Gasteiger partial charge in [-0.25, -0.2) is 0 Å². The molecule has 0 aliphatic rings. The van der Waals surface area contributed by atoms with Crippen molar-refractivity contribution in [1.29, 1.82) is 0 Å². The fraction of sp³-hybridized carbons (Fsp3) is 0.609. The summed E-state index contributed by atoms with van der Waals surface area (Å²) in [5.74, 6) is -1.45. The number of aryl methyl sites for hydroxylation is 2. The van der Waals surface area contributed by atoms with Crippen LogP contribution < -0.4 is 4.90 Å². The standard InChI is InChI=1S/C23H35NO4S/c1-5-6-7-8-9-10-11-12-22(28)29-16-20(25)24(15-21(26)27)23-18(3)14-13-17(2)19(23)4/h13-14H,5-12,15-16H2,1-4H3,(H,26,27). The molecular weight excluding hydrogens is 386 g/mol. The highest BCUT2D eigenvalue weighted by Crippen LogP contribution is 2.28. The zero-order valence-corrected chi connectivity index (χ0v) is 19.1. The van der Waals surface area contributed by atoms with E-state index in [0.29, 0.717) is 12.1 Å². The third kappa shape index (κ3) is 9.03. The van der Waals surface area contributed by atoms with Crippen molar-refractivity contribution in [2.45, 2.75) is 79.1 Å². The van der Waals surface area contributed by atoms with Crippen molar-refractivity contribution in [1.82, 2.24) is 0 Å². The molecule has 0 aromatic heterocycles. The Bertz CT molecular complexity index is 702.